The highest BCUT2D eigenvalue weighted by Gasteiger charge is 2.19. The molecule has 1 aromatic carbocycles. The Kier molecular flexibility index (Phi) is 3.18. The van der Waals surface area contributed by atoms with Crippen LogP contribution < -0.4 is 0 Å². The van der Waals surface area contributed by atoms with E-state index in [-0.39, 0.29) is 10.5 Å². The Morgan fingerprint density at radius 1 is 1.33 bits per heavy atom. The van der Waals surface area contributed by atoms with Gasteiger partial charge in [0, 0.05) is 11.8 Å². The van der Waals surface area contributed by atoms with E-state index >= 15 is 0 Å². The van der Waals surface area contributed by atoms with E-state index in [2.05, 4.69) is 0 Å². The van der Waals surface area contributed by atoms with E-state index in [4.69, 9.17) is 0 Å². The lowest BCUT2D eigenvalue weighted by Crippen LogP contribution is -2.11. The Balaban J connectivity index is 3.20. The topological polar surface area (TPSA) is 51.2 Å². The van der Waals surface area contributed by atoms with Crippen LogP contribution in [0.2, 0.25) is 0 Å². The van der Waals surface area contributed by atoms with Crippen LogP contribution in [0.5, 0.6) is 0 Å². The van der Waals surface area contributed by atoms with Gasteiger partial charge in [0.25, 0.3) is 0 Å². The largest absolute Gasteiger partial charge is 0.300 e. The van der Waals surface area contributed by atoms with Gasteiger partial charge in [-0.2, -0.15) is 0 Å². The first kappa shape index (κ1) is 11.8. The van der Waals surface area contributed by atoms with Gasteiger partial charge in [-0.15, -0.1) is 0 Å². The van der Waals surface area contributed by atoms with Gasteiger partial charge in [0.1, 0.15) is 0 Å². The van der Waals surface area contributed by atoms with Crippen LogP contribution in [0.1, 0.15) is 10.4 Å². The lowest BCUT2D eigenvalue weighted by atomic mass is 10.1. The minimum Gasteiger partial charge on any atom is -0.288 e. The third kappa shape index (κ3) is 2.82. The van der Waals surface area contributed by atoms with Crippen LogP contribution >= 0.6 is 0 Å². The summed E-state index contributed by atoms with van der Waals surface area (Å²) in [7, 11) is -3.48. The van der Waals surface area contributed by atoms with Crippen molar-refractivity contribution in [3.63, 3.8) is 0 Å². The zero-order chi connectivity index (χ0) is 11.6. The highest BCUT2D eigenvalue weighted by Crippen LogP contribution is 2.14. The highest BCUT2D eigenvalue weighted by atomic mass is 32.2. The van der Waals surface area contributed by atoms with Crippen LogP contribution in [0.4, 0.5) is 8.78 Å². The molecule has 0 N–H and O–H groups in total. The average Bonchev–Trinajstić information content (AvgIpc) is 2.15. The van der Waals surface area contributed by atoms with E-state index in [0.29, 0.717) is 0 Å². The van der Waals surface area contributed by atoms with Gasteiger partial charge in [-0.05, 0) is 12.1 Å². The molecule has 0 saturated heterocycles. The molecule has 0 aliphatic rings. The molecule has 0 aromatic heterocycles. The highest BCUT2D eigenvalue weighted by molar-refractivity contribution is 7.90. The van der Waals surface area contributed by atoms with Crippen molar-refractivity contribution in [1.29, 1.82) is 0 Å². The quantitative estimate of drug-likeness (QED) is 0.745. The maximum Gasteiger partial charge on any atom is 0.300 e. The van der Waals surface area contributed by atoms with Crippen molar-refractivity contribution >= 4 is 15.6 Å². The van der Waals surface area contributed by atoms with E-state index < -0.39 is 22.0 Å². The molecular formula is C9H8F2O3S. The molecule has 15 heavy (non-hydrogen) atoms. The summed E-state index contributed by atoms with van der Waals surface area (Å²) >= 11 is 0. The molecule has 6 heteroatoms. The van der Waals surface area contributed by atoms with Gasteiger partial charge in [0.05, 0.1) is 4.90 Å². The van der Waals surface area contributed by atoms with Gasteiger partial charge in [0.2, 0.25) is 5.78 Å². The number of sulfone groups is 1. The maximum atomic E-state index is 12.0. The SMILES string of the molecule is CS(=O)(=O)c1cccc(C(=O)C(F)F)c1. The summed E-state index contributed by atoms with van der Waals surface area (Å²) in [5, 5.41) is 0. The molecule has 0 aliphatic heterocycles. The number of alkyl halides is 2. The Hall–Kier alpha value is -1.30. The molecule has 3 nitrogen and oxygen atoms in total. The number of carbonyl (C=O) groups excluding carboxylic acids is 1. The van der Waals surface area contributed by atoms with Crippen LogP contribution in [0.3, 0.4) is 0 Å². The zero-order valence-corrected chi connectivity index (χ0v) is 8.59. The Bertz CT molecular complexity index is 480. The van der Waals surface area contributed by atoms with Gasteiger partial charge in [0.15, 0.2) is 9.84 Å². The minimum absolute atomic E-state index is 0.144. The molecule has 0 unspecified atom stereocenters. The standard InChI is InChI=1S/C9H8F2O3S/c1-15(13,14)7-4-2-3-6(5-7)8(12)9(10)11/h2-5,9H,1H3. The van der Waals surface area contributed by atoms with Gasteiger partial charge in [-0.3, -0.25) is 4.79 Å². The molecule has 0 saturated carbocycles. The second kappa shape index (κ2) is 4.06. The number of benzene rings is 1. The van der Waals surface area contributed by atoms with Crippen molar-refractivity contribution in [3.05, 3.63) is 29.8 Å². The smallest absolute Gasteiger partial charge is 0.288 e. The predicted molar refractivity (Wildman–Crippen MR) is 49.9 cm³/mol. The Morgan fingerprint density at radius 2 is 1.93 bits per heavy atom. The van der Waals surface area contributed by atoms with Crippen molar-refractivity contribution < 1.29 is 22.0 Å². The number of carbonyl (C=O) groups is 1. The van der Waals surface area contributed by atoms with Crippen molar-refractivity contribution in [3.8, 4) is 0 Å². The second-order valence-corrected chi connectivity index (χ2v) is 4.98. The van der Waals surface area contributed by atoms with Crippen LogP contribution in [0.25, 0.3) is 0 Å². The second-order valence-electron chi connectivity index (χ2n) is 2.96. The summed E-state index contributed by atoms with van der Waals surface area (Å²) in [6.45, 7) is 0. The van der Waals surface area contributed by atoms with Crippen molar-refractivity contribution in [1.82, 2.24) is 0 Å². The summed E-state index contributed by atoms with van der Waals surface area (Å²) in [5.74, 6) is -1.37. The van der Waals surface area contributed by atoms with Crippen LogP contribution in [0, 0.1) is 0 Å². The van der Waals surface area contributed by atoms with E-state index in [9.17, 15) is 22.0 Å². The molecule has 82 valence electrons. The lowest BCUT2D eigenvalue weighted by molar-refractivity contribution is 0.0678. The number of ketones is 1. The van der Waals surface area contributed by atoms with Gasteiger partial charge >= 0.3 is 6.43 Å². The number of hydrogen-bond donors (Lipinski definition) is 0. The average molecular weight is 234 g/mol. The number of Topliss-reactive ketones (excluding diaryl/α,β-unsaturated/α-hetero) is 1. The normalized spacial score (nSPS) is 11.7. The fraction of sp³-hybridized carbons (Fsp3) is 0.222. The molecule has 0 fully saturated rings. The van der Waals surface area contributed by atoms with E-state index in [1.807, 2.05) is 0 Å². The molecule has 1 rings (SSSR count). The predicted octanol–water partition coefficient (Wildman–Crippen LogP) is 1.54. The molecule has 0 aliphatic carbocycles. The number of halogens is 2. The Labute approximate surface area is 85.6 Å². The molecule has 0 atom stereocenters. The molecule has 1 aromatic rings. The first-order chi connectivity index (χ1) is 6.82. The van der Waals surface area contributed by atoms with Gasteiger partial charge < -0.3 is 0 Å². The first-order valence-corrected chi connectivity index (χ1v) is 5.84. The summed E-state index contributed by atoms with van der Waals surface area (Å²) in [6, 6.07) is 4.61. The summed E-state index contributed by atoms with van der Waals surface area (Å²) in [6.07, 6.45) is -2.18. The van der Waals surface area contributed by atoms with Crippen molar-refractivity contribution in [2.75, 3.05) is 6.26 Å². The van der Waals surface area contributed by atoms with E-state index in [1.54, 1.807) is 0 Å². The Morgan fingerprint density at radius 3 is 2.40 bits per heavy atom. The van der Waals surface area contributed by atoms with Crippen LogP contribution in [-0.2, 0) is 9.84 Å². The fourth-order valence-electron chi connectivity index (χ4n) is 1.01. The summed E-state index contributed by atoms with van der Waals surface area (Å²) in [4.78, 5) is 10.7. The third-order valence-electron chi connectivity index (χ3n) is 1.74. The minimum atomic E-state index is -3.48. The maximum absolute atomic E-state index is 12.0. The van der Waals surface area contributed by atoms with Crippen molar-refractivity contribution in [2.24, 2.45) is 0 Å². The first-order valence-electron chi connectivity index (χ1n) is 3.95. The monoisotopic (exact) mass is 234 g/mol. The molecule has 0 bridgehead atoms. The van der Waals surface area contributed by atoms with Crippen LogP contribution in [0.15, 0.2) is 29.2 Å². The fourth-order valence-corrected chi connectivity index (χ4v) is 1.67. The van der Waals surface area contributed by atoms with Crippen molar-refractivity contribution in [2.45, 2.75) is 11.3 Å². The lowest BCUT2D eigenvalue weighted by Gasteiger charge is -2.02. The number of rotatable bonds is 3. The zero-order valence-electron chi connectivity index (χ0n) is 7.78. The van der Waals surface area contributed by atoms with Gasteiger partial charge in [-0.1, -0.05) is 12.1 Å². The molecular weight excluding hydrogens is 226 g/mol. The van der Waals surface area contributed by atoms with Crippen LogP contribution in [-0.4, -0.2) is 26.9 Å². The third-order valence-corrected chi connectivity index (χ3v) is 2.86. The number of hydrogen-bond acceptors (Lipinski definition) is 3. The summed E-state index contributed by atoms with van der Waals surface area (Å²) < 4.78 is 46.2. The summed E-state index contributed by atoms with van der Waals surface area (Å²) in [5.41, 5.74) is -0.298. The van der Waals surface area contributed by atoms with Gasteiger partial charge in [-0.25, -0.2) is 17.2 Å². The van der Waals surface area contributed by atoms with E-state index in [0.717, 1.165) is 18.4 Å². The molecule has 0 heterocycles. The van der Waals surface area contributed by atoms with E-state index in [1.165, 1.54) is 12.1 Å². The molecule has 0 radical (unpaired) electrons. The molecule has 0 amide bonds. The molecule has 0 spiro atoms.